The van der Waals surface area contributed by atoms with Crippen molar-refractivity contribution in [2.24, 2.45) is 0 Å². The molecule has 5 heteroatoms. The van der Waals surface area contributed by atoms with E-state index in [-0.39, 0.29) is 23.4 Å². The van der Waals surface area contributed by atoms with E-state index in [0.29, 0.717) is 19.6 Å². The van der Waals surface area contributed by atoms with Gasteiger partial charge < -0.3 is 15.5 Å². The second-order valence-corrected chi connectivity index (χ2v) is 7.36. The number of benzene rings is 2. The summed E-state index contributed by atoms with van der Waals surface area (Å²) in [5, 5.41) is 6.00. The Kier molecular flexibility index (Phi) is 5.79. The maximum absolute atomic E-state index is 12.7. The van der Waals surface area contributed by atoms with E-state index in [4.69, 9.17) is 0 Å². The van der Waals surface area contributed by atoms with E-state index in [2.05, 4.69) is 41.8 Å². The number of nitrogens with one attached hydrogen (secondary N) is 2. The first kappa shape index (κ1) is 19.0. The highest BCUT2D eigenvalue weighted by Crippen LogP contribution is 2.31. The maximum Gasteiger partial charge on any atom is 0.317 e. The van der Waals surface area contributed by atoms with Gasteiger partial charge in [-0.15, -0.1) is 0 Å². The molecular weight excluding hydrogens is 338 g/mol. The fourth-order valence-corrected chi connectivity index (χ4v) is 3.70. The van der Waals surface area contributed by atoms with Crippen LogP contribution in [0.15, 0.2) is 60.7 Å². The number of amides is 3. The number of hydrogen-bond donors (Lipinski definition) is 2. The summed E-state index contributed by atoms with van der Waals surface area (Å²) in [7, 11) is 0. The Morgan fingerprint density at radius 2 is 1.59 bits per heavy atom. The van der Waals surface area contributed by atoms with Crippen LogP contribution in [0.1, 0.15) is 31.4 Å². The molecule has 2 aromatic carbocycles. The van der Waals surface area contributed by atoms with Crippen LogP contribution in [0.3, 0.4) is 0 Å². The lowest BCUT2D eigenvalue weighted by Crippen LogP contribution is -2.46. The first-order valence-electron chi connectivity index (χ1n) is 9.40. The van der Waals surface area contributed by atoms with E-state index < -0.39 is 0 Å². The topological polar surface area (TPSA) is 61.4 Å². The molecule has 3 rings (SSSR count). The van der Waals surface area contributed by atoms with Gasteiger partial charge in [0.15, 0.2) is 0 Å². The molecule has 0 unspecified atom stereocenters. The predicted octanol–water partition coefficient (Wildman–Crippen LogP) is 2.91. The summed E-state index contributed by atoms with van der Waals surface area (Å²) in [5.41, 5.74) is 2.00. The Labute approximate surface area is 160 Å². The Morgan fingerprint density at radius 1 is 1.04 bits per heavy atom. The van der Waals surface area contributed by atoms with Crippen molar-refractivity contribution in [2.45, 2.75) is 31.7 Å². The highest BCUT2D eigenvalue weighted by atomic mass is 16.2. The molecule has 0 radical (unpaired) electrons. The molecule has 1 heterocycles. The third kappa shape index (κ3) is 4.48. The van der Waals surface area contributed by atoms with Gasteiger partial charge in [-0.1, -0.05) is 60.7 Å². The molecule has 3 amide bonds. The third-order valence-electron chi connectivity index (χ3n) is 5.30. The fourth-order valence-electron chi connectivity index (χ4n) is 3.70. The Balaban J connectivity index is 1.71. The summed E-state index contributed by atoms with van der Waals surface area (Å²) >= 11 is 0. The number of hydrogen-bond acceptors (Lipinski definition) is 2. The van der Waals surface area contributed by atoms with Crippen molar-refractivity contribution in [1.82, 2.24) is 15.5 Å². The van der Waals surface area contributed by atoms with Gasteiger partial charge in [-0.25, -0.2) is 4.79 Å². The number of urea groups is 1. The first-order valence-corrected chi connectivity index (χ1v) is 9.40. The van der Waals surface area contributed by atoms with Crippen molar-refractivity contribution in [3.63, 3.8) is 0 Å². The van der Waals surface area contributed by atoms with Crippen molar-refractivity contribution >= 4 is 11.9 Å². The second kappa shape index (κ2) is 8.25. The van der Waals surface area contributed by atoms with E-state index >= 15 is 0 Å². The molecule has 0 saturated carbocycles. The van der Waals surface area contributed by atoms with Gasteiger partial charge in [0.1, 0.15) is 0 Å². The average molecular weight is 365 g/mol. The smallest absolute Gasteiger partial charge is 0.317 e. The van der Waals surface area contributed by atoms with Gasteiger partial charge in [0.05, 0.1) is 0 Å². The molecule has 2 N–H and O–H groups in total. The molecule has 142 valence electrons. The summed E-state index contributed by atoms with van der Waals surface area (Å²) in [6, 6.07) is 20.5. The van der Waals surface area contributed by atoms with Crippen LogP contribution in [0, 0.1) is 0 Å². The molecule has 1 aliphatic rings. The summed E-state index contributed by atoms with van der Waals surface area (Å²) in [4.78, 5) is 25.7. The summed E-state index contributed by atoms with van der Waals surface area (Å²) in [6.45, 7) is 5.38. The monoisotopic (exact) mass is 365 g/mol. The number of likely N-dealkylation sites (tertiary alicyclic amines) is 1. The highest BCUT2D eigenvalue weighted by molar-refractivity contribution is 5.76. The van der Waals surface area contributed by atoms with Crippen LogP contribution in [-0.4, -0.2) is 42.5 Å². The van der Waals surface area contributed by atoms with Crippen molar-refractivity contribution < 1.29 is 9.59 Å². The molecule has 0 aromatic heterocycles. The van der Waals surface area contributed by atoms with Crippen LogP contribution >= 0.6 is 0 Å². The first-order chi connectivity index (χ1) is 13.0. The maximum atomic E-state index is 12.7. The van der Waals surface area contributed by atoms with Crippen molar-refractivity contribution in [1.29, 1.82) is 0 Å². The van der Waals surface area contributed by atoms with Crippen molar-refractivity contribution in [3.8, 4) is 0 Å². The lowest BCUT2D eigenvalue weighted by molar-refractivity contribution is -0.119. The number of nitrogens with zero attached hydrogens (tertiary/aromatic N) is 1. The summed E-state index contributed by atoms with van der Waals surface area (Å²) in [6.07, 6.45) is 0.793. The standard InChI is InChI=1S/C22H27N3O2/c1-17(26)24-20-13-14-25(15-20)21(27)23-16-22(2,18-9-5-3-6-10-18)19-11-7-4-8-12-19/h3-12,20H,13-16H2,1-2H3,(H,23,27)(H,24,26)/t20-/m1/s1. The van der Waals surface area contributed by atoms with E-state index in [1.807, 2.05) is 36.4 Å². The quantitative estimate of drug-likeness (QED) is 0.856. The van der Waals surface area contributed by atoms with Crippen molar-refractivity contribution in [3.05, 3.63) is 71.8 Å². The lowest BCUT2D eigenvalue weighted by Gasteiger charge is -2.32. The Hall–Kier alpha value is -2.82. The van der Waals surface area contributed by atoms with E-state index in [1.54, 1.807) is 4.90 Å². The number of carbonyl (C=O) groups is 2. The fraction of sp³-hybridized carbons (Fsp3) is 0.364. The summed E-state index contributed by atoms with van der Waals surface area (Å²) < 4.78 is 0. The lowest BCUT2D eigenvalue weighted by atomic mass is 9.76. The van der Waals surface area contributed by atoms with Gasteiger partial charge in [0, 0.05) is 38.0 Å². The molecular formula is C22H27N3O2. The molecule has 1 aliphatic heterocycles. The average Bonchev–Trinajstić information content (AvgIpc) is 3.15. The Bertz CT molecular complexity index is 737. The molecule has 1 atom stereocenters. The molecule has 0 aliphatic carbocycles. The van der Waals surface area contributed by atoms with Crippen LogP contribution in [-0.2, 0) is 10.2 Å². The predicted molar refractivity (Wildman–Crippen MR) is 107 cm³/mol. The van der Waals surface area contributed by atoms with E-state index in [9.17, 15) is 9.59 Å². The van der Waals surface area contributed by atoms with Crippen LogP contribution < -0.4 is 10.6 Å². The summed E-state index contributed by atoms with van der Waals surface area (Å²) in [5.74, 6) is -0.0528. The normalized spacial score (nSPS) is 16.8. The van der Waals surface area contributed by atoms with Gasteiger partial charge in [0.25, 0.3) is 0 Å². The van der Waals surface area contributed by atoms with Gasteiger partial charge in [-0.2, -0.15) is 0 Å². The molecule has 0 bridgehead atoms. The highest BCUT2D eigenvalue weighted by Gasteiger charge is 2.32. The molecule has 27 heavy (non-hydrogen) atoms. The van der Waals surface area contributed by atoms with Crippen molar-refractivity contribution in [2.75, 3.05) is 19.6 Å². The molecule has 1 saturated heterocycles. The molecule has 0 spiro atoms. The van der Waals surface area contributed by atoms with Crippen LogP contribution in [0.5, 0.6) is 0 Å². The molecule has 2 aromatic rings. The van der Waals surface area contributed by atoms with Crippen LogP contribution in [0.4, 0.5) is 4.79 Å². The van der Waals surface area contributed by atoms with Gasteiger partial charge in [-0.05, 0) is 24.5 Å². The number of rotatable bonds is 5. The van der Waals surface area contributed by atoms with E-state index in [1.165, 1.54) is 6.92 Å². The molecule has 5 nitrogen and oxygen atoms in total. The zero-order valence-corrected chi connectivity index (χ0v) is 15.9. The minimum atomic E-state index is -0.324. The largest absolute Gasteiger partial charge is 0.352 e. The SMILES string of the molecule is CC(=O)N[C@@H]1CCN(C(=O)NCC(C)(c2ccccc2)c2ccccc2)C1. The minimum absolute atomic E-state index is 0.0443. The molecule has 1 fully saturated rings. The van der Waals surface area contributed by atoms with Crippen LogP contribution in [0.2, 0.25) is 0 Å². The van der Waals surface area contributed by atoms with Gasteiger partial charge in [0.2, 0.25) is 5.91 Å². The third-order valence-corrected chi connectivity index (χ3v) is 5.30. The van der Waals surface area contributed by atoms with Gasteiger partial charge in [-0.3, -0.25) is 4.79 Å². The minimum Gasteiger partial charge on any atom is -0.352 e. The van der Waals surface area contributed by atoms with E-state index in [0.717, 1.165) is 17.5 Å². The zero-order chi connectivity index (χ0) is 19.3. The second-order valence-electron chi connectivity index (χ2n) is 7.36. The Morgan fingerprint density at radius 3 is 2.11 bits per heavy atom. The van der Waals surface area contributed by atoms with Gasteiger partial charge >= 0.3 is 6.03 Å². The van der Waals surface area contributed by atoms with Crippen LogP contribution in [0.25, 0.3) is 0 Å². The number of carbonyl (C=O) groups excluding carboxylic acids is 2. The zero-order valence-electron chi connectivity index (χ0n) is 15.9.